The molecule has 0 saturated heterocycles. The molecule has 4 heterocycles. The predicted octanol–water partition coefficient (Wildman–Crippen LogP) is 7.00. The number of fused-ring (bicyclic) bond motifs is 3. The van der Waals surface area contributed by atoms with Crippen molar-refractivity contribution >= 4 is 49.2 Å². The molecule has 0 radical (unpaired) electrons. The lowest BCUT2D eigenvalue weighted by atomic mass is 10.0. The highest BCUT2D eigenvalue weighted by molar-refractivity contribution is 7.17. The maximum atomic E-state index is 14.3. The zero-order valence-corrected chi connectivity index (χ0v) is 19.0. The van der Waals surface area contributed by atoms with Gasteiger partial charge in [-0.15, -0.1) is 11.3 Å². The van der Waals surface area contributed by atoms with Crippen molar-refractivity contribution in [1.82, 2.24) is 15.0 Å². The Balaban J connectivity index is 1.33. The maximum absolute atomic E-state index is 14.3. The SMILES string of the molecule is Cc1[nH]c2c(F)ccc(C)c2c1CCNc1nc(-c2cc3ccccc3o2)nc2ccsc12. The van der Waals surface area contributed by atoms with E-state index in [4.69, 9.17) is 14.4 Å². The molecule has 0 bridgehead atoms. The quantitative estimate of drug-likeness (QED) is 0.293. The van der Waals surface area contributed by atoms with E-state index in [1.165, 1.54) is 6.07 Å². The molecule has 2 N–H and O–H groups in total. The fourth-order valence-corrected chi connectivity index (χ4v) is 5.24. The van der Waals surface area contributed by atoms with E-state index in [1.54, 1.807) is 11.3 Å². The molecule has 6 aromatic rings. The molecule has 0 unspecified atom stereocenters. The largest absolute Gasteiger partial charge is 0.453 e. The molecule has 7 heteroatoms. The van der Waals surface area contributed by atoms with Crippen molar-refractivity contribution < 1.29 is 8.81 Å². The number of rotatable bonds is 5. The Hall–Kier alpha value is -3.71. The number of hydrogen-bond donors (Lipinski definition) is 2. The number of aromatic amines is 1. The van der Waals surface area contributed by atoms with Crippen LogP contribution in [0.1, 0.15) is 16.8 Å². The van der Waals surface area contributed by atoms with Crippen molar-refractivity contribution in [2.24, 2.45) is 0 Å². The number of thiophene rings is 1. The molecule has 164 valence electrons. The molecule has 5 nitrogen and oxygen atoms in total. The van der Waals surface area contributed by atoms with Crippen molar-refractivity contribution in [3.05, 3.63) is 76.5 Å². The van der Waals surface area contributed by atoms with Gasteiger partial charge in [-0.2, -0.15) is 0 Å². The van der Waals surface area contributed by atoms with E-state index in [0.29, 0.717) is 23.6 Å². The monoisotopic (exact) mass is 456 g/mol. The molecule has 0 aliphatic heterocycles. The lowest BCUT2D eigenvalue weighted by Crippen LogP contribution is -2.08. The minimum absolute atomic E-state index is 0.218. The molecule has 2 aromatic carbocycles. The first-order valence-corrected chi connectivity index (χ1v) is 11.7. The second kappa shape index (κ2) is 7.71. The van der Waals surface area contributed by atoms with Crippen LogP contribution in [0.5, 0.6) is 0 Å². The van der Waals surface area contributed by atoms with Gasteiger partial charge >= 0.3 is 0 Å². The Bertz CT molecular complexity index is 1610. The third-order valence-corrected chi connectivity index (χ3v) is 6.96. The van der Waals surface area contributed by atoms with Crippen molar-refractivity contribution in [3.8, 4) is 11.6 Å². The van der Waals surface area contributed by atoms with Gasteiger partial charge in [-0.25, -0.2) is 14.4 Å². The Morgan fingerprint density at radius 1 is 1.09 bits per heavy atom. The Labute approximate surface area is 193 Å². The number of aromatic nitrogens is 3. The summed E-state index contributed by atoms with van der Waals surface area (Å²) < 4.78 is 21.3. The normalized spacial score (nSPS) is 11.7. The highest BCUT2D eigenvalue weighted by atomic mass is 32.1. The Morgan fingerprint density at radius 3 is 2.85 bits per heavy atom. The van der Waals surface area contributed by atoms with Crippen LogP contribution in [0.3, 0.4) is 0 Å². The molecule has 0 spiro atoms. The molecule has 33 heavy (non-hydrogen) atoms. The van der Waals surface area contributed by atoms with Crippen LogP contribution < -0.4 is 5.32 Å². The molecule has 4 aromatic heterocycles. The standard InChI is InChI=1S/C26H21FN4OS/c1-14-7-8-18(27)23-22(14)17(15(2)29-23)9-11-28-26-24-19(10-12-33-24)30-25(31-26)21-13-16-5-3-4-6-20(16)32-21/h3-8,10,12-13,29H,9,11H2,1-2H3,(H,28,30,31). The van der Waals surface area contributed by atoms with E-state index in [0.717, 1.165) is 55.6 Å². The molecule has 0 aliphatic carbocycles. The minimum Gasteiger partial charge on any atom is -0.453 e. The highest BCUT2D eigenvalue weighted by Crippen LogP contribution is 2.32. The van der Waals surface area contributed by atoms with Gasteiger partial charge in [-0.1, -0.05) is 24.3 Å². The molecule has 0 fully saturated rings. The van der Waals surface area contributed by atoms with Crippen LogP contribution >= 0.6 is 11.3 Å². The molecule has 0 aliphatic rings. The first kappa shape index (κ1) is 19.9. The van der Waals surface area contributed by atoms with E-state index in [9.17, 15) is 4.39 Å². The minimum atomic E-state index is -0.218. The molecule has 0 amide bonds. The topological polar surface area (TPSA) is 66.7 Å². The summed E-state index contributed by atoms with van der Waals surface area (Å²) in [6.07, 6.45) is 0.743. The van der Waals surface area contributed by atoms with Crippen LogP contribution in [0.25, 0.3) is 43.7 Å². The highest BCUT2D eigenvalue weighted by Gasteiger charge is 2.16. The Morgan fingerprint density at radius 2 is 1.97 bits per heavy atom. The molecule has 6 rings (SSSR count). The zero-order valence-electron chi connectivity index (χ0n) is 18.2. The van der Waals surface area contributed by atoms with E-state index in [-0.39, 0.29) is 5.82 Å². The summed E-state index contributed by atoms with van der Waals surface area (Å²) in [5.41, 5.74) is 5.47. The van der Waals surface area contributed by atoms with Crippen LogP contribution in [-0.2, 0) is 6.42 Å². The second-order valence-corrected chi connectivity index (χ2v) is 9.11. The van der Waals surface area contributed by atoms with Crippen LogP contribution in [0.2, 0.25) is 0 Å². The third-order valence-electron chi connectivity index (χ3n) is 6.05. The number of nitrogens with one attached hydrogen (secondary N) is 2. The van der Waals surface area contributed by atoms with Gasteiger partial charge in [0.05, 0.1) is 15.7 Å². The average molecular weight is 457 g/mol. The van der Waals surface area contributed by atoms with Gasteiger partial charge < -0.3 is 14.7 Å². The number of furan rings is 1. The Kier molecular flexibility index (Phi) is 4.66. The van der Waals surface area contributed by atoms with Gasteiger partial charge in [0.2, 0.25) is 0 Å². The van der Waals surface area contributed by atoms with Crippen molar-refractivity contribution in [1.29, 1.82) is 0 Å². The predicted molar refractivity (Wildman–Crippen MR) is 133 cm³/mol. The number of H-pyrrole nitrogens is 1. The van der Waals surface area contributed by atoms with Crippen molar-refractivity contribution in [3.63, 3.8) is 0 Å². The summed E-state index contributed by atoms with van der Waals surface area (Å²) in [6.45, 7) is 4.68. The number of benzene rings is 2. The number of aryl methyl sites for hydroxylation is 2. The summed E-state index contributed by atoms with van der Waals surface area (Å²) in [5.74, 6) is 1.77. The van der Waals surface area contributed by atoms with Crippen molar-refractivity contribution in [2.75, 3.05) is 11.9 Å². The second-order valence-electron chi connectivity index (χ2n) is 8.20. The maximum Gasteiger partial charge on any atom is 0.198 e. The first-order chi connectivity index (χ1) is 16.1. The molecular weight excluding hydrogens is 435 g/mol. The first-order valence-electron chi connectivity index (χ1n) is 10.8. The van der Waals surface area contributed by atoms with Crippen LogP contribution in [-0.4, -0.2) is 21.5 Å². The van der Waals surface area contributed by atoms with E-state index in [1.807, 2.05) is 61.7 Å². The number of halogens is 1. The smallest absolute Gasteiger partial charge is 0.198 e. The zero-order chi connectivity index (χ0) is 22.5. The fraction of sp³-hybridized carbons (Fsp3) is 0.154. The number of nitrogens with zero attached hydrogens (tertiary/aromatic N) is 2. The van der Waals surface area contributed by atoms with E-state index < -0.39 is 0 Å². The van der Waals surface area contributed by atoms with Crippen LogP contribution in [0, 0.1) is 19.7 Å². The lowest BCUT2D eigenvalue weighted by molar-refractivity contribution is 0.626. The third kappa shape index (κ3) is 3.36. The van der Waals surface area contributed by atoms with Gasteiger partial charge in [0.1, 0.15) is 17.2 Å². The molecule has 0 atom stereocenters. The summed E-state index contributed by atoms with van der Waals surface area (Å²) >= 11 is 1.61. The average Bonchev–Trinajstić information content (AvgIpc) is 3.53. The lowest BCUT2D eigenvalue weighted by Gasteiger charge is -2.09. The number of anilines is 1. The molecule has 0 saturated carbocycles. The van der Waals surface area contributed by atoms with Crippen LogP contribution in [0.15, 0.2) is 58.3 Å². The number of para-hydroxylation sites is 1. The number of hydrogen-bond acceptors (Lipinski definition) is 5. The van der Waals surface area contributed by atoms with Gasteiger partial charge in [0, 0.05) is 23.0 Å². The summed E-state index contributed by atoms with van der Waals surface area (Å²) in [4.78, 5) is 12.7. The summed E-state index contributed by atoms with van der Waals surface area (Å²) in [7, 11) is 0. The molecular formula is C26H21FN4OS. The van der Waals surface area contributed by atoms with Gasteiger partial charge in [0.15, 0.2) is 11.6 Å². The summed E-state index contributed by atoms with van der Waals surface area (Å²) in [5, 5.41) is 7.50. The van der Waals surface area contributed by atoms with E-state index >= 15 is 0 Å². The van der Waals surface area contributed by atoms with E-state index in [2.05, 4.69) is 10.3 Å². The van der Waals surface area contributed by atoms with Gasteiger partial charge in [0.25, 0.3) is 0 Å². The van der Waals surface area contributed by atoms with Gasteiger partial charge in [-0.05, 0) is 61.0 Å². The van der Waals surface area contributed by atoms with Gasteiger partial charge in [-0.3, -0.25) is 0 Å². The van der Waals surface area contributed by atoms with Crippen LogP contribution in [0.4, 0.5) is 10.2 Å². The van der Waals surface area contributed by atoms with Crippen molar-refractivity contribution in [2.45, 2.75) is 20.3 Å². The fourth-order valence-electron chi connectivity index (χ4n) is 4.45. The summed E-state index contributed by atoms with van der Waals surface area (Å²) in [6, 6.07) is 15.2.